The molecular formula is C17H20F2N8OS. The average Bonchev–Trinajstić information content (AvgIpc) is 3.19. The van der Waals surface area contributed by atoms with Gasteiger partial charge in [-0.25, -0.2) is 23.7 Å². The monoisotopic (exact) mass is 422 g/mol. The number of rotatable bonds is 8. The lowest BCUT2D eigenvalue weighted by atomic mass is 10.2. The number of anilines is 1. The van der Waals surface area contributed by atoms with Crippen LogP contribution in [0.4, 0.5) is 14.6 Å². The van der Waals surface area contributed by atoms with Crippen molar-refractivity contribution >= 4 is 35.5 Å². The summed E-state index contributed by atoms with van der Waals surface area (Å²) in [6.07, 6.45) is 4.30. The molecule has 1 aliphatic heterocycles. The van der Waals surface area contributed by atoms with Gasteiger partial charge in [0.15, 0.2) is 0 Å². The van der Waals surface area contributed by atoms with Gasteiger partial charge >= 0.3 is 0 Å². The maximum Gasteiger partial charge on any atom is 0.279 e. The van der Waals surface area contributed by atoms with Gasteiger partial charge in [-0.2, -0.15) is 0 Å². The first-order valence-electron chi connectivity index (χ1n) is 8.68. The molecule has 29 heavy (non-hydrogen) atoms. The van der Waals surface area contributed by atoms with Crippen molar-refractivity contribution in [3.05, 3.63) is 30.5 Å². The summed E-state index contributed by atoms with van der Waals surface area (Å²) in [7, 11) is 0. The molecule has 0 radical (unpaired) electrons. The molecule has 1 atom stereocenters. The van der Waals surface area contributed by atoms with Crippen LogP contribution >= 0.6 is 11.9 Å². The molecule has 0 aliphatic carbocycles. The molecule has 0 spiro atoms. The Labute approximate surface area is 170 Å². The number of nitrogens with zero attached hydrogens (tertiary/aromatic N) is 4. The number of imidazole rings is 1. The highest BCUT2D eigenvalue weighted by Crippen LogP contribution is 2.20. The Hall–Kier alpha value is -2.86. The summed E-state index contributed by atoms with van der Waals surface area (Å²) in [5.41, 5.74) is 0.330. The highest BCUT2D eigenvalue weighted by atomic mass is 32.2. The smallest absolute Gasteiger partial charge is 0.279 e. The van der Waals surface area contributed by atoms with Crippen molar-refractivity contribution in [3.8, 4) is 11.4 Å². The van der Waals surface area contributed by atoms with Gasteiger partial charge in [-0.05, 0) is 18.4 Å². The first-order chi connectivity index (χ1) is 14.0. The molecule has 9 nitrogen and oxygen atoms in total. The summed E-state index contributed by atoms with van der Waals surface area (Å²) in [5, 5.41) is 10.1. The number of amides is 1. The predicted molar refractivity (Wildman–Crippen MR) is 108 cm³/mol. The Kier molecular flexibility index (Phi) is 6.88. The number of allylic oxidation sites excluding steroid dienone is 1. The van der Waals surface area contributed by atoms with Gasteiger partial charge in [-0.1, -0.05) is 11.9 Å². The van der Waals surface area contributed by atoms with E-state index in [4.69, 9.17) is 5.41 Å². The van der Waals surface area contributed by atoms with Crippen LogP contribution in [-0.4, -0.2) is 69.9 Å². The zero-order chi connectivity index (χ0) is 20.8. The van der Waals surface area contributed by atoms with Gasteiger partial charge in [-0.15, -0.1) is 0 Å². The van der Waals surface area contributed by atoms with Crippen LogP contribution in [0.15, 0.2) is 24.7 Å². The molecule has 1 saturated heterocycles. The highest BCUT2D eigenvalue weighted by molar-refractivity contribution is 7.96. The van der Waals surface area contributed by atoms with Crippen LogP contribution in [-0.2, 0) is 4.79 Å². The molecule has 1 fully saturated rings. The van der Waals surface area contributed by atoms with Crippen LogP contribution in [0.3, 0.4) is 0 Å². The summed E-state index contributed by atoms with van der Waals surface area (Å²) >= 11 is 1.49. The lowest BCUT2D eigenvalue weighted by molar-refractivity contribution is -0.121. The second-order valence-corrected chi connectivity index (χ2v) is 6.93. The molecule has 0 aromatic carbocycles. The predicted octanol–water partition coefficient (Wildman–Crippen LogP) is 1.34. The normalized spacial score (nSPS) is 17.2. The quantitative estimate of drug-likeness (QED) is 0.374. The molecule has 1 amide bonds. The molecule has 3 heterocycles. The topological polar surface area (TPSA) is 123 Å². The second-order valence-electron chi connectivity index (χ2n) is 6.23. The van der Waals surface area contributed by atoms with E-state index < -0.39 is 12.1 Å². The van der Waals surface area contributed by atoms with Crippen molar-refractivity contribution in [2.75, 3.05) is 30.8 Å². The van der Waals surface area contributed by atoms with Gasteiger partial charge in [0.05, 0.1) is 35.9 Å². The van der Waals surface area contributed by atoms with Crippen LogP contribution < -0.4 is 14.9 Å². The third kappa shape index (κ3) is 5.57. The minimum absolute atomic E-state index is 0.0452. The number of halogens is 2. The van der Waals surface area contributed by atoms with E-state index in [9.17, 15) is 13.6 Å². The number of aromatic amines is 1. The van der Waals surface area contributed by atoms with Gasteiger partial charge in [0.25, 0.3) is 6.43 Å². The minimum Gasteiger partial charge on any atom is -0.349 e. The fourth-order valence-electron chi connectivity index (χ4n) is 2.76. The lowest BCUT2D eigenvalue weighted by Gasteiger charge is -2.33. The molecular weight excluding hydrogens is 402 g/mol. The van der Waals surface area contributed by atoms with Crippen LogP contribution in [0.1, 0.15) is 5.82 Å². The zero-order valence-corrected chi connectivity index (χ0v) is 16.3. The SMILES string of the molecule is CSNCC1CN(c2cc(-c3cnc(/C=C\C(=N)C(F)F)[nH]3)ncn2)CC(=O)N1. The summed E-state index contributed by atoms with van der Waals surface area (Å²) in [4.78, 5) is 29.4. The lowest BCUT2D eigenvalue weighted by Crippen LogP contribution is -2.57. The summed E-state index contributed by atoms with van der Waals surface area (Å²) in [6.45, 7) is 1.42. The number of hydrogen-bond donors (Lipinski definition) is 4. The van der Waals surface area contributed by atoms with Crippen LogP contribution in [0.2, 0.25) is 0 Å². The Morgan fingerprint density at radius 1 is 1.48 bits per heavy atom. The van der Waals surface area contributed by atoms with Crippen molar-refractivity contribution in [2.24, 2.45) is 0 Å². The van der Waals surface area contributed by atoms with Gasteiger partial charge in [0, 0.05) is 19.2 Å². The van der Waals surface area contributed by atoms with Crippen LogP contribution in [0.5, 0.6) is 0 Å². The average molecular weight is 422 g/mol. The Morgan fingerprint density at radius 3 is 3.07 bits per heavy atom. The van der Waals surface area contributed by atoms with E-state index in [1.807, 2.05) is 11.2 Å². The molecule has 154 valence electrons. The number of carbonyl (C=O) groups excluding carboxylic acids is 1. The Morgan fingerprint density at radius 2 is 2.31 bits per heavy atom. The summed E-state index contributed by atoms with van der Waals surface area (Å²) < 4.78 is 27.9. The summed E-state index contributed by atoms with van der Waals surface area (Å²) in [5.74, 6) is 0.844. The minimum atomic E-state index is -2.83. The van der Waals surface area contributed by atoms with Crippen LogP contribution in [0.25, 0.3) is 17.5 Å². The van der Waals surface area contributed by atoms with Crippen molar-refractivity contribution in [1.29, 1.82) is 5.41 Å². The Bertz CT molecular complexity index is 903. The number of nitrogens with one attached hydrogen (secondary N) is 4. The largest absolute Gasteiger partial charge is 0.349 e. The van der Waals surface area contributed by atoms with Crippen molar-refractivity contribution in [3.63, 3.8) is 0 Å². The van der Waals surface area contributed by atoms with Gasteiger partial charge in [0.1, 0.15) is 18.0 Å². The van der Waals surface area contributed by atoms with E-state index in [-0.39, 0.29) is 18.5 Å². The van der Waals surface area contributed by atoms with Gasteiger partial charge in [0.2, 0.25) is 5.91 Å². The number of alkyl halides is 2. The van der Waals surface area contributed by atoms with E-state index in [0.29, 0.717) is 36.1 Å². The fourth-order valence-corrected chi connectivity index (χ4v) is 3.12. The highest BCUT2D eigenvalue weighted by Gasteiger charge is 2.25. The van der Waals surface area contributed by atoms with Crippen molar-refractivity contribution < 1.29 is 13.6 Å². The molecule has 1 aliphatic rings. The standard InChI is InChI=1S/C17H20F2N8OS/c1-29-24-5-10-7-27(8-16(28)25-10)15-4-12(22-9-23-15)13-6-21-14(26-13)3-2-11(20)17(18)19/h2-4,6,9-10,17,20,24H,5,7-8H2,1H3,(H,21,26)(H,25,28)/b3-2-,20-11?. The van der Waals surface area contributed by atoms with Crippen molar-refractivity contribution in [1.82, 2.24) is 30.0 Å². The molecule has 2 aromatic rings. The number of carbonyl (C=O) groups is 1. The first kappa shape index (κ1) is 20.9. The second kappa shape index (κ2) is 9.56. The number of H-pyrrole nitrogens is 1. The molecule has 0 saturated carbocycles. The summed E-state index contributed by atoms with van der Waals surface area (Å²) in [6, 6.07) is 1.69. The maximum atomic E-state index is 12.4. The number of hydrogen-bond acceptors (Lipinski definition) is 8. The van der Waals surface area contributed by atoms with E-state index in [0.717, 1.165) is 6.08 Å². The van der Waals surface area contributed by atoms with E-state index in [2.05, 4.69) is 30.0 Å². The molecule has 0 bridgehead atoms. The fraction of sp³-hybridized carbons (Fsp3) is 0.353. The molecule has 1 unspecified atom stereocenters. The third-order valence-corrected chi connectivity index (χ3v) is 4.57. The van der Waals surface area contributed by atoms with E-state index in [1.54, 1.807) is 6.07 Å². The molecule has 3 rings (SSSR count). The van der Waals surface area contributed by atoms with E-state index in [1.165, 1.54) is 30.5 Å². The molecule has 2 aromatic heterocycles. The van der Waals surface area contributed by atoms with Gasteiger partial charge < -0.3 is 15.2 Å². The maximum absolute atomic E-state index is 12.4. The zero-order valence-electron chi connectivity index (χ0n) is 15.5. The van der Waals surface area contributed by atoms with Gasteiger partial charge in [-0.3, -0.25) is 14.9 Å². The first-order valence-corrected chi connectivity index (χ1v) is 9.91. The molecule has 4 N–H and O–H groups in total. The number of aromatic nitrogens is 4. The molecule has 12 heteroatoms. The third-order valence-electron chi connectivity index (χ3n) is 4.12. The number of piperazine rings is 1. The van der Waals surface area contributed by atoms with Crippen molar-refractivity contribution in [2.45, 2.75) is 12.5 Å². The Balaban J connectivity index is 1.74. The van der Waals surface area contributed by atoms with E-state index >= 15 is 0 Å². The van der Waals surface area contributed by atoms with Crippen LogP contribution in [0, 0.1) is 5.41 Å².